The molecule has 1 unspecified atom stereocenters. The Morgan fingerprint density at radius 1 is 1.46 bits per heavy atom. The maximum absolute atomic E-state index is 10.9. The van der Waals surface area contributed by atoms with Crippen molar-refractivity contribution in [3.63, 3.8) is 0 Å². The standard InChI is InChI=1S/C10H11BrO2/c1-7-5-3-4-6-8(7)10(2,11)9(12)13/h3-6H,1-2H3,(H,12,13). The Kier molecular flexibility index (Phi) is 2.76. The maximum Gasteiger partial charge on any atom is 0.324 e. The van der Waals surface area contributed by atoms with Gasteiger partial charge in [0.2, 0.25) is 0 Å². The molecule has 1 aromatic carbocycles. The van der Waals surface area contributed by atoms with Crippen molar-refractivity contribution < 1.29 is 9.90 Å². The molecule has 0 spiro atoms. The second-order valence-electron chi connectivity index (χ2n) is 3.12. The monoisotopic (exact) mass is 242 g/mol. The number of carbonyl (C=O) groups is 1. The van der Waals surface area contributed by atoms with Gasteiger partial charge in [-0.3, -0.25) is 4.79 Å². The normalized spacial score (nSPS) is 15.0. The molecule has 1 N–H and O–H groups in total. The number of aryl methyl sites for hydroxylation is 1. The molecular formula is C10H11BrO2. The van der Waals surface area contributed by atoms with Crippen LogP contribution in [-0.4, -0.2) is 11.1 Å². The summed E-state index contributed by atoms with van der Waals surface area (Å²) in [6.45, 7) is 3.54. The number of aliphatic carboxylic acids is 1. The van der Waals surface area contributed by atoms with Crippen LogP contribution in [0.15, 0.2) is 24.3 Å². The summed E-state index contributed by atoms with van der Waals surface area (Å²) < 4.78 is -0.988. The SMILES string of the molecule is Cc1ccccc1C(C)(Br)C(=O)O. The zero-order valence-electron chi connectivity index (χ0n) is 7.54. The smallest absolute Gasteiger partial charge is 0.324 e. The second kappa shape index (κ2) is 3.50. The molecule has 0 aromatic heterocycles. The maximum atomic E-state index is 10.9. The molecular weight excluding hydrogens is 232 g/mol. The highest BCUT2D eigenvalue weighted by Gasteiger charge is 2.32. The third kappa shape index (κ3) is 1.91. The Balaban J connectivity index is 3.22. The molecule has 1 aromatic rings. The Bertz CT molecular complexity index is 331. The summed E-state index contributed by atoms with van der Waals surface area (Å²) in [5, 5.41) is 8.97. The summed E-state index contributed by atoms with van der Waals surface area (Å²) in [4.78, 5) is 10.9. The van der Waals surface area contributed by atoms with Gasteiger partial charge in [0.05, 0.1) is 0 Å². The van der Waals surface area contributed by atoms with E-state index in [0.717, 1.165) is 11.1 Å². The van der Waals surface area contributed by atoms with Crippen molar-refractivity contribution in [3.8, 4) is 0 Å². The highest BCUT2D eigenvalue weighted by atomic mass is 79.9. The lowest BCUT2D eigenvalue weighted by atomic mass is 9.96. The highest BCUT2D eigenvalue weighted by Crippen LogP contribution is 2.32. The largest absolute Gasteiger partial charge is 0.480 e. The number of alkyl halides is 1. The third-order valence-electron chi connectivity index (χ3n) is 2.05. The van der Waals surface area contributed by atoms with Crippen LogP contribution in [0.5, 0.6) is 0 Å². The molecule has 1 atom stereocenters. The summed E-state index contributed by atoms with van der Waals surface area (Å²) in [7, 11) is 0. The molecule has 0 aliphatic rings. The van der Waals surface area contributed by atoms with E-state index >= 15 is 0 Å². The van der Waals surface area contributed by atoms with E-state index in [1.807, 2.05) is 31.2 Å². The quantitative estimate of drug-likeness (QED) is 0.811. The van der Waals surface area contributed by atoms with Crippen molar-refractivity contribution in [2.24, 2.45) is 0 Å². The van der Waals surface area contributed by atoms with E-state index in [0.29, 0.717) is 0 Å². The van der Waals surface area contributed by atoms with Crippen molar-refractivity contribution in [1.82, 2.24) is 0 Å². The molecule has 13 heavy (non-hydrogen) atoms. The van der Waals surface area contributed by atoms with Crippen LogP contribution in [0.3, 0.4) is 0 Å². The zero-order chi connectivity index (χ0) is 10.1. The molecule has 0 fully saturated rings. The Morgan fingerprint density at radius 3 is 2.46 bits per heavy atom. The van der Waals surface area contributed by atoms with Crippen molar-refractivity contribution in [3.05, 3.63) is 35.4 Å². The number of benzene rings is 1. The average molecular weight is 243 g/mol. The van der Waals surface area contributed by atoms with Gasteiger partial charge in [-0.15, -0.1) is 0 Å². The molecule has 0 heterocycles. The summed E-state index contributed by atoms with van der Waals surface area (Å²) >= 11 is 3.21. The second-order valence-corrected chi connectivity index (χ2v) is 4.71. The number of carboxylic acids is 1. The molecule has 0 bridgehead atoms. The predicted molar refractivity (Wildman–Crippen MR) is 55.1 cm³/mol. The fourth-order valence-corrected chi connectivity index (χ4v) is 1.66. The fourth-order valence-electron chi connectivity index (χ4n) is 1.21. The van der Waals surface area contributed by atoms with E-state index in [2.05, 4.69) is 15.9 Å². The van der Waals surface area contributed by atoms with E-state index in [1.54, 1.807) is 6.92 Å². The summed E-state index contributed by atoms with van der Waals surface area (Å²) in [5.41, 5.74) is 1.77. The average Bonchev–Trinajstić information content (AvgIpc) is 2.04. The first kappa shape index (κ1) is 10.3. The zero-order valence-corrected chi connectivity index (χ0v) is 9.13. The van der Waals surface area contributed by atoms with Gasteiger partial charge in [-0.25, -0.2) is 0 Å². The number of hydrogen-bond acceptors (Lipinski definition) is 1. The van der Waals surface area contributed by atoms with Crippen molar-refractivity contribution >= 4 is 21.9 Å². The van der Waals surface area contributed by atoms with E-state index in [-0.39, 0.29) is 0 Å². The molecule has 0 aliphatic heterocycles. The van der Waals surface area contributed by atoms with E-state index < -0.39 is 10.3 Å². The minimum absolute atomic E-state index is 0.794. The Morgan fingerprint density at radius 2 is 2.00 bits per heavy atom. The van der Waals surface area contributed by atoms with Gasteiger partial charge in [-0.1, -0.05) is 40.2 Å². The first-order valence-electron chi connectivity index (χ1n) is 3.94. The number of carboxylic acid groups (broad SMARTS) is 1. The Hall–Kier alpha value is -0.830. The van der Waals surface area contributed by atoms with Gasteiger partial charge < -0.3 is 5.11 Å². The van der Waals surface area contributed by atoms with Gasteiger partial charge in [-0.2, -0.15) is 0 Å². The van der Waals surface area contributed by atoms with Gasteiger partial charge in [-0.05, 0) is 25.0 Å². The molecule has 0 aliphatic carbocycles. The number of hydrogen-bond donors (Lipinski definition) is 1. The molecule has 0 saturated heterocycles. The summed E-state index contributed by atoms with van der Waals surface area (Å²) in [6.07, 6.45) is 0. The van der Waals surface area contributed by atoms with Crippen LogP contribution in [0, 0.1) is 6.92 Å². The summed E-state index contributed by atoms with van der Waals surface area (Å²) in [6, 6.07) is 7.45. The minimum atomic E-state index is -0.988. The first-order valence-corrected chi connectivity index (χ1v) is 4.74. The van der Waals surface area contributed by atoms with Crippen molar-refractivity contribution in [1.29, 1.82) is 0 Å². The molecule has 0 radical (unpaired) electrons. The highest BCUT2D eigenvalue weighted by molar-refractivity contribution is 9.10. The van der Waals surface area contributed by atoms with Gasteiger partial charge in [0, 0.05) is 0 Å². The van der Waals surface area contributed by atoms with Crippen LogP contribution in [-0.2, 0) is 9.12 Å². The van der Waals surface area contributed by atoms with Gasteiger partial charge in [0.25, 0.3) is 0 Å². The molecule has 0 amide bonds. The number of rotatable bonds is 2. The molecule has 2 nitrogen and oxygen atoms in total. The summed E-state index contributed by atoms with van der Waals surface area (Å²) in [5.74, 6) is -0.873. The lowest BCUT2D eigenvalue weighted by molar-refractivity contribution is -0.139. The van der Waals surface area contributed by atoms with Gasteiger partial charge in [0.1, 0.15) is 4.32 Å². The molecule has 0 saturated carbocycles. The predicted octanol–water partition coefficient (Wildman–Crippen LogP) is 2.69. The van der Waals surface area contributed by atoms with Crippen LogP contribution in [0.4, 0.5) is 0 Å². The molecule has 1 rings (SSSR count). The lowest BCUT2D eigenvalue weighted by Crippen LogP contribution is -2.25. The van der Waals surface area contributed by atoms with Crippen LogP contribution in [0.25, 0.3) is 0 Å². The van der Waals surface area contributed by atoms with Crippen LogP contribution >= 0.6 is 15.9 Å². The third-order valence-corrected chi connectivity index (χ3v) is 2.82. The Labute approximate surface area is 85.7 Å². The van der Waals surface area contributed by atoms with Crippen LogP contribution in [0.1, 0.15) is 18.1 Å². The van der Waals surface area contributed by atoms with Crippen LogP contribution < -0.4 is 0 Å². The van der Waals surface area contributed by atoms with Crippen molar-refractivity contribution in [2.45, 2.75) is 18.2 Å². The van der Waals surface area contributed by atoms with Gasteiger partial charge in [0.15, 0.2) is 0 Å². The fraction of sp³-hybridized carbons (Fsp3) is 0.300. The molecule has 70 valence electrons. The molecule has 3 heteroatoms. The van der Waals surface area contributed by atoms with E-state index in [9.17, 15) is 4.79 Å². The van der Waals surface area contributed by atoms with Crippen LogP contribution in [0.2, 0.25) is 0 Å². The van der Waals surface area contributed by atoms with E-state index in [4.69, 9.17) is 5.11 Å². The number of halogens is 1. The van der Waals surface area contributed by atoms with Gasteiger partial charge >= 0.3 is 5.97 Å². The topological polar surface area (TPSA) is 37.3 Å². The van der Waals surface area contributed by atoms with Crippen molar-refractivity contribution in [2.75, 3.05) is 0 Å². The minimum Gasteiger partial charge on any atom is -0.480 e. The first-order chi connectivity index (χ1) is 5.96. The lowest BCUT2D eigenvalue weighted by Gasteiger charge is -2.19. The van der Waals surface area contributed by atoms with E-state index in [1.165, 1.54) is 0 Å².